The van der Waals surface area contributed by atoms with Crippen molar-refractivity contribution in [3.05, 3.63) is 89.2 Å². The van der Waals surface area contributed by atoms with Gasteiger partial charge < -0.3 is 10.0 Å². The molecule has 7 heteroatoms. The van der Waals surface area contributed by atoms with Crippen molar-refractivity contribution in [3.63, 3.8) is 0 Å². The fourth-order valence-corrected chi connectivity index (χ4v) is 4.83. The fourth-order valence-electron chi connectivity index (χ4n) is 3.35. The number of benzene rings is 3. The van der Waals surface area contributed by atoms with Crippen molar-refractivity contribution in [2.45, 2.75) is 17.9 Å². The average molecular weight is 453 g/mol. The SMILES string of the molecule is CSc1cccc(CCN(Cc2ccc(C(=O)O)cc2)c2nc3cccc(F)c3s2)c1. The standard InChI is InChI=1S/C24H21FN2O2S2/c1-30-19-5-2-4-16(14-19)12-13-27(15-17-8-10-18(11-9-17)23(28)29)24-26-21-7-3-6-20(25)22(21)31-24/h2-11,14H,12-13,15H2,1H3,(H,28,29). The maximum atomic E-state index is 14.2. The van der Waals surface area contributed by atoms with Crippen molar-refractivity contribution in [2.24, 2.45) is 0 Å². The normalized spacial score (nSPS) is 11.0. The molecule has 0 spiro atoms. The van der Waals surface area contributed by atoms with Gasteiger partial charge in [-0.15, -0.1) is 11.8 Å². The third-order valence-electron chi connectivity index (χ3n) is 5.01. The number of thiazole rings is 1. The predicted molar refractivity (Wildman–Crippen MR) is 126 cm³/mol. The molecule has 0 saturated heterocycles. The van der Waals surface area contributed by atoms with Crippen LogP contribution in [0.15, 0.2) is 71.6 Å². The monoisotopic (exact) mass is 452 g/mol. The summed E-state index contributed by atoms with van der Waals surface area (Å²) in [6, 6.07) is 20.2. The van der Waals surface area contributed by atoms with Gasteiger partial charge in [0.05, 0.1) is 15.8 Å². The van der Waals surface area contributed by atoms with Crippen molar-refractivity contribution < 1.29 is 14.3 Å². The lowest BCUT2D eigenvalue weighted by Crippen LogP contribution is -2.25. The van der Waals surface area contributed by atoms with E-state index in [2.05, 4.69) is 40.4 Å². The molecule has 158 valence electrons. The summed E-state index contributed by atoms with van der Waals surface area (Å²) in [5.41, 5.74) is 3.11. The maximum absolute atomic E-state index is 14.2. The number of rotatable bonds is 8. The number of aromatic carboxylic acids is 1. The van der Waals surface area contributed by atoms with Crippen LogP contribution in [0.4, 0.5) is 9.52 Å². The fraction of sp³-hybridized carbons (Fsp3) is 0.167. The van der Waals surface area contributed by atoms with Gasteiger partial charge in [0.2, 0.25) is 0 Å². The number of hydrogen-bond acceptors (Lipinski definition) is 5. The molecule has 0 aliphatic carbocycles. The Morgan fingerprint density at radius 3 is 2.58 bits per heavy atom. The molecule has 0 bridgehead atoms. The summed E-state index contributed by atoms with van der Waals surface area (Å²) >= 11 is 3.05. The number of hydrogen-bond donors (Lipinski definition) is 1. The molecule has 0 radical (unpaired) electrons. The van der Waals surface area contributed by atoms with Crippen molar-refractivity contribution in [2.75, 3.05) is 17.7 Å². The highest BCUT2D eigenvalue weighted by Gasteiger charge is 2.15. The largest absolute Gasteiger partial charge is 0.478 e. The maximum Gasteiger partial charge on any atom is 0.335 e. The van der Waals surface area contributed by atoms with Crippen molar-refractivity contribution in [3.8, 4) is 0 Å². The Balaban J connectivity index is 1.61. The minimum atomic E-state index is -0.946. The molecule has 3 aromatic carbocycles. The van der Waals surface area contributed by atoms with Crippen LogP contribution in [-0.4, -0.2) is 28.9 Å². The van der Waals surface area contributed by atoms with Gasteiger partial charge in [-0.1, -0.05) is 41.7 Å². The first kappa shape index (κ1) is 21.3. The summed E-state index contributed by atoms with van der Waals surface area (Å²) in [6.07, 6.45) is 2.88. The third kappa shape index (κ3) is 5.06. The van der Waals surface area contributed by atoms with Gasteiger partial charge >= 0.3 is 5.97 Å². The van der Waals surface area contributed by atoms with Crippen molar-refractivity contribution in [1.82, 2.24) is 4.98 Å². The Bertz CT molecular complexity index is 1210. The first-order valence-electron chi connectivity index (χ1n) is 9.78. The summed E-state index contributed by atoms with van der Waals surface area (Å²) in [5.74, 6) is -1.21. The highest BCUT2D eigenvalue weighted by atomic mass is 32.2. The molecular weight excluding hydrogens is 431 g/mol. The second-order valence-electron chi connectivity index (χ2n) is 7.11. The number of fused-ring (bicyclic) bond motifs is 1. The Kier molecular flexibility index (Phi) is 6.53. The lowest BCUT2D eigenvalue weighted by Gasteiger charge is -2.22. The first-order valence-corrected chi connectivity index (χ1v) is 11.8. The van der Waals surface area contributed by atoms with E-state index in [1.165, 1.54) is 27.9 Å². The van der Waals surface area contributed by atoms with Crippen LogP contribution in [0.25, 0.3) is 10.2 Å². The van der Waals surface area contributed by atoms with Crippen LogP contribution in [0.3, 0.4) is 0 Å². The summed E-state index contributed by atoms with van der Waals surface area (Å²) in [7, 11) is 0. The van der Waals surface area contributed by atoms with E-state index in [1.54, 1.807) is 30.0 Å². The molecule has 4 rings (SSSR count). The van der Waals surface area contributed by atoms with Crippen LogP contribution in [0.2, 0.25) is 0 Å². The lowest BCUT2D eigenvalue weighted by atomic mass is 10.1. The van der Waals surface area contributed by atoms with E-state index in [1.807, 2.05) is 18.2 Å². The molecule has 1 aromatic heterocycles. The number of thioether (sulfide) groups is 1. The molecule has 0 unspecified atom stereocenters. The van der Waals surface area contributed by atoms with E-state index < -0.39 is 5.97 Å². The third-order valence-corrected chi connectivity index (χ3v) is 6.87. The van der Waals surface area contributed by atoms with Gasteiger partial charge in [0.25, 0.3) is 0 Å². The molecule has 1 heterocycles. The van der Waals surface area contributed by atoms with E-state index in [4.69, 9.17) is 5.11 Å². The van der Waals surface area contributed by atoms with Crippen molar-refractivity contribution >= 4 is 44.4 Å². The van der Waals surface area contributed by atoms with Gasteiger partial charge in [0, 0.05) is 18.0 Å². The number of carbonyl (C=O) groups is 1. The van der Waals surface area contributed by atoms with Gasteiger partial charge in [0.1, 0.15) is 5.82 Å². The highest BCUT2D eigenvalue weighted by molar-refractivity contribution is 7.98. The van der Waals surface area contributed by atoms with Gasteiger partial charge in [0.15, 0.2) is 5.13 Å². The van der Waals surface area contributed by atoms with Crippen LogP contribution in [0.1, 0.15) is 21.5 Å². The minimum absolute atomic E-state index is 0.256. The van der Waals surface area contributed by atoms with Crippen LogP contribution in [0, 0.1) is 5.82 Å². The molecule has 4 aromatic rings. The molecule has 0 fully saturated rings. The molecule has 31 heavy (non-hydrogen) atoms. The summed E-state index contributed by atoms with van der Waals surface area (Å²) < 4.78 is 14.8. The molecule has 0 saturated carbocycles. The molecule has 0 aliphatic heterocycles. The Morgan fingerprint density at radius 2 is 1.87 bits per heavy atom. The quantitative estimate of drug-likeness (QED) is 0.327. The second-order valence-corrected chi connectivity index (χ2v) is 8.97. The molecule has 0 aliphatic rings. The Hall–Kier alpha value is -2.90. The van der Waals surface area contributed by atoms with Crippen LogP contribution in [0.5, 0.6) is 0 Å². The molecular formula is C24H21FN2O2S2. The predicted octanol–water partition coefficient (Wildman–Crippen LogP) is 6.10. The van der Waals surface area contributed by atoms with E-state index in [9.17, 15) is 9.18 Å². The molecule has 1 N–H and O–H groups in total. The van der Waals surface area contributed by atoms with Crippen LogP contribution in [-0.2, 0) is 13.0 Å². The molecule has 4 nitrogen and oxygen atoms in total. The number of nitrogens with zero attached hydrogens (tertiary/aromatic N) is 2. The Labute approximate surface area is 188 Å². The zero-order chi connectivity index (χ0) is 21.8. The Morgan fingerprint density at radius 1 is 1.10 bits per heavy atom. The number of carboxylic acids is 1. The first-order chi connectivity index (χ1) is 15.0. The van der Waals surface area contributed by atoms with Gasteiger partial charge in [-0.2, -0.15) is 0 Å². The second kappa shape index (κ2) is 9.49. The van der Waals surface area contributed by atoms with E-state index in [0.29, 0.717) is 23.3 Å². The van der Waals surface area contributed by atoms with Gasteiger partial charge in [-0.25, -0.2) is 14.2 Å². The van der Waals surface area contributed by atoms with Crippen LogP contribution >= 0.6 is 23.1 Å². The van der Waals surface area contributed by atoms with Gasteiger partial charge in [-0.05, 0) is 60.2 Å². The zero-order valence-electron chi connectivity index (χ0n) is 16.9. The smallest absolute Gasteiger partial charge is 0.335 e. The average Bonchev–Trinajstić information content (AvgIpc) is 3.23. The van der Waals surface area contributed by atoms with E-state index in [-0.39, 0.29) is 11.4 Å². The highest BCUT2D eigenvalue weighted by Crippen LogP contribution is 2.32. The van der Waals surface area contributed by atoms with E-state index >= 15 is 0 Å². The number of anilines is 1. The van der Waals surface area contributed by atoms with Gasteiger partial charge in [-0.3, -0.25) is 0 Å². The minimum Gasteiger partial charge on any atom is -0.478 e. The van der Waals surface area contributed by atoms with E-state index in [0.717, 1.165) is 17.1 Å². The summed E-state index contributed by atoms with van der Waals surface area (Å²) in [4.78, 5) is 19.2. The number of carboxylic acid groups (broad SMARTS) is 1. The molecule has 0 atom stereocenters. The summed E-state index contributed by atoms with van der Waals surface area (Å²) in [6.45, 7) is 1.27. The zero-order valence-corrected chi connectivity index (χ0v) is 18.5. The van der Waals surface area contributed by atoms with Crippen molar-refractivity contribution in [1.29, 1.82) is 0 Å². The molecule has 0 amide bonds. The number of halogens is 1. The number of aromatic nitrogens is 1. The lowest BCUT2D eigenvalue weighted by molar-refractivity contribution is 0.0697. The van der Waals surface area contributed by atoms with Crippen LogP contribution < -0.4 is 4.90 Å². The topological polar surface area (TPSA) is 53.4 Å². The summed E-state index contributed by atoms with van der Waals surface area (Å²) in [5, 5.41) is 9.89.